The fourth-order valence-electron chi connectivity index (χ4n) is 2.85. The third kappa shape index (κ3) is 3.49. The van der Waals surface area contributed by atoms with Gasteiger partial charge in [-0.05, 0) is 23.3 Å². The predicted molar refractivity (Wildman–Crippen MR) is 97.9 cm³/mol. The van der Waals surface area contributed by atoms with E-state index in [2.05, 4.69) is 27.0 Å². The molecule has 0 saturated heterocycles. The molecule has 0 aliphatic heterocycles. The minimum absolute atomic E-state index is 0.149. The van der Waals surface area contributed by atoms with E-state index in [1.54, 1.807) is 12.1 Å². The van der Waals surface area contributed by atoms with E-state index in [-0.39, 0.29) is 11.9 Å². The second-order valence-electron chi connectivity index (χ2n) is 6.05. The molecule has 0 aliphatic carbocycles. The van der Waals surface area contributed by atoms with Gasteiger partial charge < -0.3 is 15.1 Å². The van der Waals surface area contributed by atoms with E-state index in [0.29, 0.717) is 28.9 Å². The van der Waals surface area contributed by atoms with Crippen molar-refractivity contribution in [3.05, 3.63) is 77.6 Å². The molecule has 1 atom stereocenters. The number of nitrogens with zero attached hydrogens (tertiary/aromatic N) is 2. The second kappa shape index (κ2) is 7.31. The van der Waals surface area contributed by atoms with Crippen molar-refractivity contribution < 1.29 is 14.5 Å². The molecule has 26 heavy (non-hydrogen) atoms. The first kappa shape index (κ1) is 16.8. The summed E-state index contributed by atoms with van der Waals surface area (Å²) in [6.07, 6.45) is 2.69. The highest BCUT2D eigenvalue weighted by atomic mass is 32.2. The average molecular weight is 369 g/mol. The van der Waals surface area contributed by atoms with Gasteiger partial charge in [0.25, 0.3) is 11.1 Å². The number of nitrogens with one attached hydrogen (secondary N) is 1. The summed E-state index contributed by atoms with van der Waals surface area (Å²) < 4.78 is 19.4. The van der Waals surface area contributed by atoms with Crippen molar-refractivity contribution in [3.8, 4) is 0 Å². The quantitative estimate of drug-likeness (QED) is 0.510. The van der Waals surface area contributed by atoms with Crippen LogP contribution in [0.1, 0.15) is 23.1 Å². The summed E-state index contributed by atoms with van der Waals surface area (Å²) in [5, 5.41) is 9.76. The molecule has 2 aromatic carbocycles. The Labute approximate surface area is 153 Å². The van der Waals surface area contributed by atoms with E-state index in [1.807, 2.05) is 30.5 Å². The third-order valence-corrected chi connectivity index (χ3v) is 5.09. The van der Waals surface area contributed by atoms with Crippen LogP contribution in [0.5, 0.6) is 0 Å². The summed E-state index contributed by atoms with van der Waals surface area (Å²) in [4.78, 5) is 3.26. The lowest BCUT2D eigenvalue weighted by atomic mass is 10.1. The van der Waals surface area contributed by atoms with Crippen molar-refractivity contribution in [1.82, 2.24) is 15.2 Å². The summed E-state index contributed by atoms with van der Waals surface area (Å²) in [5.74, 6) is 0.707. The zero-order chi connectivity index (χ0) is 17.9. The summed E-state index contributed by atoms with van der Waals surface area (Å²) >= 11 is 1.32. The fraction of sp³-hybridized carbons (Fsp3) is 0.158. The molecular weight excluding hydrogens is 351 g/mol. The average Bonchev–Trinajstić information content (AvgIpc) is 3.29. The van der Waals surface area contributed by atoms with Gasteiger partial charge in [0.15, 0.2) is 6.04 Å². The zero-order valence-electron chi connectivity index (χ0n) is 14.0. The van der Waals surface area contributed by atoms with Crippen LogP contribution in [0.25, 0.3) is 10.9 Å². The number of thioether (sulfide) groups is 1. The SMILES string of the molecule is [NH3+]C(Cc1c[nH]c2ccccc12)c1nnc(SCc2ccccc2F)o1. The van der Waals surface area contributed by atoms with Gasteiger partial charge >= 0.3 is 0 Å². The number of aromatic amines is 1. The molecule has 132 valence electrons. The van der Waals surface area contributed by atoms with Crippen molar-refractivity contribution in [2.45, 2.75) is 23.4 Å². The van der Waals surface area contributed by atoms with E-state index >= 15 is 0 Å². The smallest absolute Gasteiger partial charge is 0.277 e. The number of hydrogen-bond acceptors (Lipinski definition) is 4. The summed E-state index contributed by atoms with van der Waals surface area (Å²) in [5.41, 5.74) is 7.03. The Morgan fingerprint density at radius 1 is 1.08 bits per heavy atom. The number of H-pyrrole nitrogens is 1. The molecule has 0 amide bonds. The van der Waals surface area contributed by atoms with Gasteiger partial charge in [-0.3, -0.25) is 0 Å². The molecule has 0 bridgehead atoms. The maximum absolute atomic E-state index is 13.7. The molecule has 4 aromatic rings. The first-order chi connectivity index (χ1) is 12.7. The minimum atomic E-state index is -0.228. The van der Waals surface area contributed by atoms with Gasteiger partial charge in [-0.15, -0.1) is 10.2 Å². The van der Waals surface area contributed by atoms with Crippen molar-refractivity contribution in [1.29, 1.82) is 0 Å². The van der Waals surface area contributed by atoms with Crippen molar-refractivity contribution in [2.24, 2.45) is 0 Å². The maximum Gasteiger partial charge on any atom is 0.277 e. The van der Waals surface area contributed by atoms with Crippen LogP contribution in [0.2, 0.25) is 0 Å². The number of benzene rings is 2. The molecule has 0 spiro atoms. The van der Waals surface area contributed by atoms with Gasteiger partial charge in [-0.1, -0.05) is 48.2 Å². The Morgan fingerprint density at radius 3 is 2.77 bits per heavy atom. The van der Waals surface area contributed by atoms with Gasteiger partial charge in [0.1, 0.15) is 5.82 Å². The van der Waals surface area contributed by atoms with Crippen LogP contribution in [0.15, 0.2) is 64.4 Å². The van der Waals surface area contributed by atoms with Crippen LogP contribution in [-0.4, -0.2) is 15.2 Å². The lowest BCUT2D eigenvalue weighted by Gasteiger charge is -2.03. The molecule has 5 nitrogen and oxygen atoms in total. The van der Waals surface area contributed by atoms with Gasteiger partial charge in [0.05, 0.1) is 0 Å². The van der Waals surface area contributed by atoms with Crippen molar-refractivity contribution in [2.75, 3.05) is 0 Å². The van der Waals surface area contributed by atoms with Crippen molar-refractivity contribution >= 4 is 22.7 Å². The Balaban J connectivity index is 1.43. The van der Waals surface area contributed by atoms with E-state index in [4.69, 9.17) is 4.42 Å². The number of rotatable bonds is 6. The molecule has 0 saturated carbocycles. The van der Waals surface area contributed by atoms with Crippen LogP contribution in [0.3, 0.4) is 0 Å². The van der Waals surface area contributed by atoms with Gasteiger partial charge in [-0.2, -0.15) is 0 Å². The van der Waals surface area contributed by atoms with Gasteiger partial charge in [-0.25, -0.2) is 4.39 Å². The van der Waals surface area contributed by atoms with E-state index in [9.17, 15) is 4.39 Å². The summed E-state index contributed by atoms with van der Waals surface area (Å²) in [6, 6.07) is 14.7. The van der Waals surface area contributed by atoms with Gasteiger partial charge in [0.2, 0.25) is 0 Å². The molecule has 4 rings (SSSR count). The first-order valence-corrected chi connectivity index (χ1v) is 9.27. The Hall–Kier alpha value is -2.64. The van der Waals surface area contributed by atoms with E-state index in [0.717, 1.165) is 5.52 Å². The standard InChI is InChI=1S/C19H17FN4OS/c20-15-7-3-1-5-12(15)11-26-19-24-23-18(25-19)16(21)9-13-10-22-17-8-4-2-6-14(13)17/h1-8,10,16,22H,9,11,21H2/p+1. The molecule has 1 unspecified atom stereocenters. The predicted octanol–water partition coefficient (Wildman–Crippen LogP) is 3.51. The molecule has 7 heteroatoms. The Kier molecular flexibility index (Phi) is 4.73. The molecule has 2 heterocycles. The molecule has 0 fully saturated rings. The highest BCUT2D eigenvalue weighted by Gasteiger charge is 2.20. The van der Waals surface area contributed by atoms with Crippen LogP contribution in [0.4, 0.5) is 4.39 Å². The van der Waals surface area contributed by atoms with Gasteiger partial charge in [0, 0.05) is 29.3 Å². The highest BCUT2D eigenvalue weighted by Crippen LogP contribution is 2.26. The number of fused-ring (bicyclic) bond motifs is 1. The number of hydrogen-bond donors (Lipinski definition) is 2. The maximum atomic E-state index is 13.7. The topological polar surface area (TPSA) is 82.4 Å². The number of quaternary nitrogens is 1. The normalized spacial score (nSPS) is 12.5. The summed E-state index contributed by atoms with van der Waals surface area (Å²) in [6.45, 7) is 0. The molecular formula is C19H18FN4OS+. The number of halogens is 1. The largest absolute Gasteiger partial charge is 0.410 e. The first-order valence-electron chi connectivity index (χ1n) is 8.28. The molecule has 4 N–H and O–H groups in total. The molecule has 0 radical (unpaired) electrons. The summed E-state index contributed by atoms with van der Waals surface area (Å²) in [7, 11) is 0. The number of aromatic nitrogens is 3. The lowest BCUT2D eigenvalue weighted by Crippen LogP contribution is -2.54. The van der Waals surface area contributed by atoms with E-state index in [1.165, 1.54) is 28.8 Å². The highest BCUT2D eigenvalue weighted by molar-refractivity contribution is 7.98. The zero-order valence-corrected chi connectivity index (χ0v) is 14.8. The number of para-hydroxylation sites is 1. The molecule has 0 aliphatic rings. The Morgan fingerprint density at radius 2 is 1.88 bits per heavy atom. The molecule has 2 aromatic heterocycles. The fourth-order valence-corrected chi connectivity index (χ4v) is 3.61. The van der Waals surface area contributed by atoms with Crippen molar-refractivity contribution in [3.63, 3.8) is 0 Å². The monoisotopic (exact) mass is 369 g/mol. The van der Waals surface area contributed by atoms with Crippen LogP contribution in [-0.2, 0) is 12.2 Å². The van der Waals surface area contributed by atoms with Crippen LogP contribution < -0.4 is 5.73 Å². The lowest BCUT2D eigenvalue weighted by molar-refractivity contribution is -0.431. The minimum Gasteiger partial charge on any atom is -0.410 e. The third-order valence-electron chi connectivity index (χ3n) is 4.22. The van der Waals surface area contributed by atoms with Crippen LogP contribution >= 0.6 is 11.8 Å². The van der Waals surface area contributed by atoms with E-state index < -0.39 is 0 Å². The Bertz CT molecular complexity index is 1030. The second-order valence-corrected chi connectivity index (χ2v) is 6.97. The van der Waals surface area contributed by atoms with Crippen LogP contribution in [0, 0.1) is 5.82 Å².